The minimum Gasteiger partial charge on any atom is -0.494 e. The van der Waals surface area contributed by atoms with Gasteiger partial charge in [0, 0.05) is 18.3 Å². The molecule has 0 saturated heterocycles. The van der Waals surface area contributed by atoms with E-state index in [-0.39, 0.29) is 0 Å². The van der Waals surface area contributed by atoms with Gasteiger partial charge in [-0.3, -0.25) is 4.98 Å². The average Bonchev–Trinajstić information content (AvgIpc) is 2.42. The fourth-order valence-corrected chi connectivity index (χ4v) is 1.83. The van der Waals surface area contributed by atoms with Crippen LogP contribution in [0.3, 0.4) is 0 Å². The lowest BCUT2D eigenvalue weighted by Gasteiger charge is -2.12. The topological polar surface area (TPSA) is 47.0 Å². The van der Waals surface area contributed by atoms with Crippen LogP contribution in [0, 0.1) is 13.8 Å². The van der Waals surface area contributed by atoms with E-state index in [4.69, 9.17) is 4.74 Å². The Hall–Kier alpha value is -2.10. The van der Waals surface area contributed by atoms with Crippen molar-refractivity contribution in [2.75, 3.05) is 11.9 Å². The van der Waals surface area contributed by atoms with Crippen LogP contribution < -0.4 is 10.1 Å². The molecule has 0 fully saturated rings. The molecular formula is C15H19N3O. The summed E-state index contributed by atoms with van der Waals surface area (Å²) in [6, 6.07) is 8.02. The van der Waals surface area contributed by atoms with Crippen LogP contribution in [0.1, 0.15) is 23.9 Å². The summed E-state index contributed by atoms with van der Waals surface area (Å²) in [4.78, 5) is 8.74. The summed E-state index contributed by atoms with van der Waals surface area (Å²) in [6.07, 6.45) is 1.77. The molecule has 0 aliphatic carbocycles. The van der Waals surface area contributed by atoms with E-state index < -0.39 is 0 Å². The van der Waals surface area contributed by atoms with Crippen LogP contribution in [0.2, 0.25) is 0 Å². The van der Waals surface area contributed by atoms with Crippen LogP contribution in [0.15, 0.2) is 30.5 Å². The molecule has 4 nitrogen and oxygen atoms in total. The number of benzene rings is 1. The van der Waals surface area contributed by atoms with E-state index in [2.05, 4.69) is 21.4 Å². The first-order valence-corrected chi connectivity index (χ1v) is 6.45. The van der Waals surface area contributed by atoms with E-state index in [0.717, 1.165) is 28.5 Å². The summed E-state index contributed by atoms with van der Waals surface area (Å²) in [5.74, 6) is 1.74. The summed E-state index contributed by atoms with van der Waals surface area (Å²) in [5.41, 5.74) is 2.93. The third-order valence-electron chi connectivity index (χ3n) is 2.79. The van der Waals surface area contributed by atoms with E-state index in [1.807, 2.05) is 39.0 Å². The molecule has 2 aromatic rings. The first-order valence-electron chi connectivity index (χ1n) is 6.45. The Morgan fingerprint density at radius 1 is 1.21 bits per heavy atom. The van der Waals surface area contributed by atoms with Crippen molar-refractivity contribution in [1.82, 2.24) is 9.97 Å². The maximum atomic E-state index is 5.60. The Morgan fingerprint density at radius 3 is 2.79 bits per heavy atom. The van der Waals surface area contributed by atoms with Crippen molar-refractivity contribution in [2.24, 2.45) is 0 Å². The number of anilines is 1. The highest BCUT2D eigenvalue weighted by atomic mass is 16.5. The predicted molar refractivity (Wildman–Crippen MR) is 76.4 cm³/mol. The van der Waals surface area contributed by atoms with Gasteiger partial charge in [0.25, 0.3) is 0 Å². The van der Waals surface area contributed by atoms with E-state index >= 15 is 0 Å². The molecule has 0 aliphatic rings. The number of hydrogen-bond donors (Lipinski definition) is 1. The molecule has 1 aromatic heterocycles. The molecule has 100 valence electrons. The van der Waals surface area contributed by atoms with Crippen LogP contribution in [0.5, 0.6) is 5.75 Å². The van der Waals surface area contributed by atoms with Crippen molar-refractivity contribution in [3.05, 3.63) is 47.4 Å². The van der Waals surface area contributed by atoms with Gasteiger partial charge < -0.3 is 10.1 Å². The quantitative estimate of drug-likeness (QED) is 0.894. The first kappa shape index (κ1) is 13.3. The van der Waals surface area contributed by atoms with E-state index in [0.29, 0.717) is 13.2 Å². The molecule has 4 heteroatoms. The Kier molecular flexibility index (Phi) is 4.34. The molecule has 0 unspecified atom stereocenters. The molecular weight excluding hydrogens is 238 g/mol. The second kappa shape index (κ2) is 6.18. The monoisotopic (exact) mass is 257 g/mol. The molecule has 1 aromatic carbocycles. The molecule has 0 aliphatic heterocycles. The maximum absolute atomic E-state index is 5.60. The van der Waals surface area contributed by atoms with Crippen molar-refractivity contribution in [1.29, 1.82) is 0 Å². The third kappa shape index (κ3) is 3.44. The molecule has 0 bridgehead atoms. The smallest absolute Gasteiger partial charge is 0.148 e. The van der Waals surface area contributed by atoms with Gasteiger partial charge in [0.2, 0.25) is 0 Å². The predicted octanol–water partition coefficient (Wildman–Crippen LogP) is 3.10. The van der Waals surface area contributed by atoms with Gasteiger partial charge in [-0.2, -0.15) is 0 Å². The van der Waals surface area contributed by atoms with E-state index in [9.17, 15) is 0 Å². The molecule has 2 rings (SSSR count). The van der Waals surface area contributed by atoms with Crippen molar-refractivity contribution >= 4 is 5.82 Å². The van der Waals surface area contributed by atoms with Gasteiger partial charge in [-0.1, -0.05) is 18.2 Å². The van der Waals surface area contributed by atoms with Crippen molar-refractivity contribution in [3.8, 4) is 5.75 Å². The van der Waals surface area contributed by atoms with Crippen LogP contribution in [0.4, 0.5) is 5.82 Å². The first-order chi connectivity index (χ1) is 9.20. The summed E-state index contributed by atoms with van der Waals surface area (Å²) < 4.78 is 5.60. The van der Waals surface area contributed by atoms with Crippen molar-refractivity contribution in [2.45, 2.75) is 27.3 Å². The van der Waals surface area contributed by atoms with Gasteiger partial charge in [-0.05, 0) is 26.8 Å². The number of aryl methyl sites for hydroxylation is 2. The normalized spacial score (nSPS) is 10.3. The Balaban J connectivity index is 2.12. The molecule has 19 heavy (non-hydrogen) atoms. The minimum absolute atomic E-state index is 0.667. The Morgan fingerprint density at radius 2 is 2.00 bits per heavy atom. The summed E-state index contributed by atoms with van der Waals surface area (Å²) in [5, 5.41) is 3.32. The second-order valence-electron chi connectivity index (χ2n) is 4.34. The van der Waals surface area contributed by atoms with Crippen molar-refractivity contribution < 1.29 is 4.74 Å². The van der Waals surface area contributed by atoms with Gasteiger partial charge in [-0.15, -0.1) is 0 Å². The standard InChI is InChI=1S/C15H19N3O/c1-4-19-14-8-6-5-7-13(14)10-17-15-12(3)16-9-11(2)18-15/h5-9H,4,10H2,1-3H3,(H,17,18). The average molecular weight is 257 g/mol. The van der Waals surface area contributed by atoms with Crippen LogP contribution >= 0.6 is 0 Å². The second-order valence-corrected chi connectivity index (χ2v) is 4.34. The molecule has 1 heterocycles. The number of para-hydroxylation sites is 1. The summed E-state index contributed by atoms with van der Waals surface area (Å²) in [6.45, 7) is 7.21. The zero-order chi connectivity index (χ0) is 13.7. The minimum atomic E-state index is 0.667. The number of rotatable bonds is 5. The fourth-order valence-electron chi connectivity index (χ4n) is 1.83. The Labute approximate surface area is 113 Å². The van der Waals surface area contributed by atoms with Gasteiger partial charge in [0.05, 0.1) is 18.0 Å². The highest BCUT2D eigenvalue weighted by Gasteiger charge is 2.05. The summed E-state index contributed by atoms with van der Waals surface area (Å²) >= 11 is 0. The van der Waals surface area contributed by atoms with Gasteiger partial charge in [0.1, 0.15) is 11.6 Å². The Bertz CT molecular complexity index is 555. The van der Waals surface area contributed by atoms with Gasteiger partial charge in [0.15, 0.2) is 0 Å². The van der Waals surface area contributed by atoms with E-state index in [1.54, 1.807) is 6.20 Å². The maximum Gasteiger partial charge on any atom is 0.148 e. The lowest BCUT2D eigenvalue weighted by atomic mass is 10.2. The number of nitrogens with one attached hydrogen (secondary N) is 1. The lowest BCUT2D eigenvalue weighted by Crippen LogP contribution is -2.07. The van der Waals surface area contributed by atoms with Gasteiger partial charge in [-0.25, -0.2) is 4.98 Å². The molecule has 0 saturated carbocycles. The highest BCUT2D eigenvalue weighted by molar-refractivity contribution is 5.42. The molecule has 0 amide bonds. The van der Waals surface area contributed by atoms with Crippen LogP contribution in [0.25, 0.3) is 0 Å². The fraction of sp³-hybridized carbons (Fsp3) is 0.333. The molecule has 1 N–H and O–H groups in total. The lowest BCUT2D eigenvalue weighted by molar-refractivity contribution is 0.337. The van der Waals surface area contributed by atoms with Crippen molar-refractivity contribution in [3.63, 3.8) is 0 Å². The third-order valence-corrected chi connectivity index (χ3v) is 2.79. The number of hydrogen-bond acceptors (Lipinski definition) is 4. The number of aromatic nitrogens is 2. The number of nitrogens with zero attached hydrogens (tertiary/aromatic N) is 2. The molecule has 0 atom stereocenters. The molecule has 0 radical (unpaired) electrons. The van der Waals surface area contributed by atoms with Gasteiger partial charge >= 0.3 is 0 Å². The zero-order valence-corrected chi connectivity index (χ0v) is 11.6. The summed E-state index contributed by atoms with van der Waals surface area (Å²) in [7, 11) is 0. The van der Waals surface area contributed by atoms with Crippen LogP contribution in [-0.4, -0.2) is 16.6 Å². The largest absolute Gasteiger partial charge is 0.494 e. The van der Waals surface area contributed by atoms with E-state index in [1.165, 1.54) is 0 Å². The highest BCUT2D eigenvalue weighted by Crippen LogP contribution is 2.19. The zero-order valence-electron chi connectivity index (χ0n) is 11.6. The molecule has 0 spiro atoms. The number of ether oxygens (including phenoxy) is 1. The van der Waals surface area contributed by atoms with Crippen LogP contribution in [-0.2, 0) is 6.54 Å². The SMILES string of the molecule is CCOc1ccccc1CNc1nc(C)cnc1C.